The molecule has 0 spiro atoms. The van der Waals surface area contributed by atoms with Crippen LogP contribution in [-0.4, -0.2) is 39.2 Å². The van der Waals surface area contributed by atoms with E-state index in [9.17, 15) is 8.42 Å². The highest BCUT2D eigenvalue weighted by Crippen LogP contribution is 2.45. The molecule has 7 heteroatoms. The van der Waals surface area contributed by atoms with Crippen LogP contribution in [0.2, 0.25) is 0 Å². The highest BCUT2D eigenvalue weighted by molar-refractivity contribution is 7.91. The van der Waals surface area contributed by atoms with Crippen molar-refractivity contribution in [2.45, 2.75) is 12.5 Å². The van der Waals surface area contributed by atoms with Gasteiger partial charge in [-0.05, 0) is 6.42 Å². The molecule has 2 aliphatic rings. The molecule has 1 unspecified atom stereocenters. The Morgan fingerprint density at radius 2 is 2.00 bits per heavy atom. The van der Waals surface area contributed by atoms with Crippen molar-refractivity contribution in [3.8, 4) is 0 Å². The molecule has 0 saturated carbocycles. The lowest BCUT2D eigenvalue weighted by Gasteiger charge is -2.12. The largest absolute Gasteiger partial charge is 0.333 e. The molecular formula is C6H11O5PS. The van der Waals surface area contributed by atoms with Gasteiger partial charge in [-0.15, -0.1) is 0 Å². The van der Waals surface area contributed by atoms with Gasteiger partial charge in [-0.2, -0.15) is 0 Å². The topological polar surface area (TPSA) is 61.8 Å². The zero-order valence-corrected chi connectivity index (χ0v) is 8.72. The maximum Gasteiger partial charge on any atom is 0.333 e. The Balaban J connectivity index is 1.83. The summed E-state index contributed by atoms with van der Waals surface area (Å²) in [4.78, 5) is 0. The summed E-state index contributed by atoms with van der Waals surface area (Å²) in [6.45, 7) is 1.09. The van der Waals surface area contributed by atoms with Crippen LogP contribution >= 0.6 is 8.60 Å². The van der Waals surface area contributed by atoms with E-state index in [0.29, 0.717) is 19.6 Å². The van der Waals surface area contributed by atoms with Gasteiger partial charge in [0.1, 0.15) is 0 Å². The van der Waals surface area contributed by atoms with Gasteiger partial charge >= 0.3 is 8.60 Å². The summed E-state index contributed by atoms with van der Waals surface area (Å²) in [6.07, 6.45) is 0.336. The normalized spacial score (nSPS) is 34.0. The fourth-order valence-corrected chi connectivity index (χ4v) is 4.05. The first kappa shape index (κ1) is 9.80. The van der Waals surface area contributed by atoms with Crippen molar-refractivity contribution in [3.63, 3.8) is 0 Å². The van der Waals surface area contributed by atoms with Crippen LogP contribution in [0.3, 0.4) is 0 Å². The predicted molar refractivity (Wildman–Crippen MR) is 47.0 cm³/mol. The van der Waals surface area contributed by atoms with Crippen molar-refractivity contribution >= 4 is 18.4 Å². The third-order valence-electron chi connectivity index (χ3n) is 1.90. The first-order valence-corrected chi connectivity index (χ1v) is 7.00. The summed E-state index contributed by atoms with van der Waals surface area (Å²) >= 11 is 0. The summed E-state index contributed by atoms with van der Waals surface area (Å²) < 4.78 is 37.7. The second-order valence-corrected chi connectivity index (χ2v) is 6.42. The Kier molecular flexibility index (Phi) is 2.86. The van der Waals surface area contributed by atoms with E-state index in [4.69, 9.17) is 13.6 Å². The molecule has 2 aliphatic heterocycles. The number of sulfone groups is 1. The molecule has 0 aromatic heterocycles. The van der Waals surface area contributed by atoms with E-state index in [1.165, 1.54) is 0 Å². The van der Waals surface area contributed by atoms with Crippen LogP contribution in [0, 0.1) is 0 Å². The lowest BCUT2D eigenvalue weighted by Crippen LogP contribution is -2.11. The third kappa shape index (κ3) is 2.60. The summed E-state index contributed by atoms with van der Waals surface area (Å²) in [7, 11) is -4.12. The van der Waals surface area contributed by atoms with E-state index in [2.05, 4.69) is 0 Å². The van der Waals surface area contributed by atoms with Gasteiger partial charge in [-0.25, -0.2) is 8.42 Å². The van der Waals surface area contributed by atoms with Crippen LogP contribution < -0.4 is 0 Å². The van der Waals surface area contributed by atoms with E-state index < -0.39 is 18.4 Å². The molecule has 13 heavy (non-hydrogen) atoms. The van der Waals surface area contributed by atoms with Crippen LogP contribution in [0.25, 0.3) is 0 Å². The van der Waals surface area contributed by atoms with Gasteiger partial charge in [0.2, 0.25) is 0 Å². The molecule has 2 rings (SSSR count). The number of hydrogen-bond donors (Lipinski definition) is 0. The molecule has 2 saturated heterocycles. The van der Waals surface area contributed by atoms with Crippen LogP contribution in [0.5, 0.6) is 0 Å². The highest BCUT2D eigenvalue weighted by Gasteiger charge is 2.33. The second kappa shape index (κ2) is 3.79. The molecule has 0 bridgehead atoms. The highest BCUT2D eigenvalue weighted by atomic mass is 32.2. The van der Waals surface area contributed by atoms with Crippen molar-refractivity contribution in [3.05, 3.63) is 0 Å². The van der Waals surface area contributed by atoms with Crippen LogP contribution in [0.15, 0.2) is 0 Å². The smallest absolute Gasteiger partial charge is 0.310 e. The molecule has 0 amide bonds. The van der Waals surface area contributed by atoms with Gasteiger partial charge < -0.3 is 13.6 Å². The maximum atomic E-state index is 11.1. The molecule has 0 N–H and O–H groups in total. The zero-order chi connectivity index (χ0) is 9.31. The minimum absolute atomic E-state index is 0.110. The van der Waals surface area contributed by atoms with E-state index in [-0.39, 0.29) is 17.6 Å². The summed E-state index contributed by atoms with van der Waals surface area (Å²) in [5.74, 6) is 0.333. The molecule has 0 aliphatic carbocycles. The van der Waals surface area contributed by atoms with Crippen LogP contribution in [0.1, 0.15) is 6.42 Å². The molecule has 76 valence electrons. The Bertz CT molecular complexity index is 271. The standard InChI is InChI=1S/C6H11O5PS/c7-13(8)4-1-6(5-13)11-12-9-2-3-10-12/h6H,1-5H2. The van der Waals surface area contributed by atoms with Gasteiger partial charge in [0.15, 0.2) is 9.84 Å². The second-order valence-electron chi connectivity index (χ2n) is 3.02. The Morgan fingerprint density at radius 1 is 1.31 bits per heavy atom. The average molecular weight is 226 g/mol. The molecule has 5 nitrogen and oxygen atoms in total. The van der Waals surface area contributed by atoms with Crippen molar-refractivity contribution in [2.75, 3.05) is 24.7 Å². The fraction of sp³-hybridized carbons (Fsp3) is 1.00. The Morgan fingerprint density at radius 3 is 2.54 bits per heavy atom. The quantitative estimate of drug-likeness (QED) is 0.640. The summed E-state index contributed by atoms with van der Waals surface area (Å²) in [5, 5.41) is 0. The molecule has 0 aromatic carbocycles. The van der Waals surface area contributed by atoms with Gasteiger partial charge in [-0.1, -0.05) is 0 Å². The SMILES string of the molecule is O=S1(=O)CCC(OP2OCCO2)C1. The molecule has 0 radical (unpaired) electrons. The number of hydrogen-bond acceptors (Lipinski definition) is 5. The summed E-state index contributed by atoms with van der Waals surface area (Å²) in [5.41, 5.74) is 0. The monoisotopic (exact) mass is 226 g/mol. The molecule has 0 aromatic rings. The summed E-state index contributed by atoms with van der Waals surface area (Å²) in [6, 6.07) is 0. The fourth-order valence-electron chi connectivity index (χ4n) is 1.29. The minimum atomic E-state index is -2.86. The third-order valence-corrected chi connectivity index (χ3v) is 4.90. The van der Waals surface area contributed by atoms with Crippen molar-refractivity contribution < 1.29 is 22.0 Å². The van der Waals surface area contributed by atoms with Crippen LogP contribution in [-0.2, 0) is 23.4 Å². The Hall–Kier alpha value is 0.260. The maximum absolute atomic E-state index is 11.1. The molecular weight excluding hydrogens is 215 g/mol. The van der Waals surface area contributed by atoms with E-state index in [1.54, 1.807) is 0 Å². The molecule has 2 fully saturated rings. The lowest BCUT2D eigenvalue weighted by molar-refractivity contribution is 0.187. The van der Waals surface area contributed by atoms with Gasteiger partial charge in [0, 0.05) is 0 Å². The average Bonchev–Trinajstić information content (AvgIpc) is 2.61. The van der Waals surface area contributed by atoms with Crippen molar-refractivity contribution in [2.24, 2.45) is 0 Å². The molecule has 2 heterocycles. The van der Waals surface area contributed by atoms with E-state index in [1.807, 2.05) is 0 Å². The van der Waals surface area contributed by atoms with Crippen molar-refractivity contribution in [1.82, 2.24) is 0 Å². The first-order valence-electron chi connectivity index (χ1n) is 4.09. The predicted octanol–water partition coefficient (Wildman–Crippen LogP) is 0.464. The van der Waals surface area contributed by atoms with Crippen molar-refractivity contribution in [1.29, 1.82) is 0 Å². The zero-order valence-electron chi connectivity index (χ0n) is 7.01. The first-order chi connectivity index (χ1) is 6.16. The van der Waals surface area contributed by atoms with Gasteiger partial charge in [-0.3, -0.25) is 0 Å². The van der Waals surface area contributed by atoms with Gasteiger partial charge in [0.05, 0.1) is 30.8 Å². The van der Waals surface area contributed by atoms with Gasteiger partial charge in [0.25, 0.3) is 0 Å². The molecule has 1 atom stereocenters. The number of rotatable bonds is 2. The lowest BCUT2D eigenvalue weighted by atomic mass is 10.3. The minimum Gasteiger partial charge on any atom is -0.310 e. The van der Waals surface area contributed by atoms with E-state index in [0.717, 1.165) is 0 Å². The van der Waals surface area contributed by atoms with Crippen LogP contribution in [0.4, 0.5) is 0 Å². The Labute approximate surface area is 78.3 Å². The van der Waals surface area contributed by atoms with E-state index >= 15 is 0 Å².